The topological polar surface area (TPSA) is 35.0 Å². The van der Waals surface area contributed by atoms with E-state index in [1.165, 1.54) is 12.8 Å². The van der Waals surface area contributed by atoms with Gasteiger partial charge in [0, 0.05) is 0 Å². The predicted octanol–water partition coefficient (Wildman–Crippen LogP) is 1.95. The zero-order valence-corrected chi connectivity index (χ0v) is 5.43. The molecular formula is C8H11N. The molecule has 9 heavy (non-hydrogen) atoms. The molecule has 0 saturated heterocycles. The Morgan fingerprint density at radius 3 is 1.56 bits per heavy atom. The highest BCUT2D eigenvalue weighted by Gasteiger charge is 2.09. The number of hydrogen-bond donors (Lipinski definition) is 1. The standard InChI is InChI=1S/C8H8.H3N/c1-2-4-8-6-5-7(8)3-1;/h1-4H,5-6H2;1H3. The zero-order valence-electron chi connectivity index (χ0n) is 5.43. The van der Waals surface area contributed by atoms with Crippen LogP contribution in [-0.4, -0.2) is 0 Å². The highest BCUT2D eigenvalue weighted by molar-refractivity contribution is 5.34. The number of fused-ring (bicyclic) bond motifs is 1. The average molecular weight is 121 g/mol. The molecule has 1 heteroatoms. The molecule has 0 spiro atoms. The maximum Gasteiger partial charge on any atom is -0.0235 e. The van der Waals surface area contributed by atoms with E-state index in [2.05, 4.69) is 24.3 Å². The van der Waals surface area contributed by atoms with Crippen LogP contribution in [0.25, 0.3) is 0 Å². The molecule has 1 aromatic rings. The van der Waals surface area contributed by atoms with Gasteiger partial charge in [-0.05, 0) is 24.0 Å². The van der Waals surface area contributed by atoms with Crippen molar-refractivity contribution < 1.29 is 0 Å². The molecule has 0 fully saturated rings. The monoisotopic (exact) mass is 121 g/mol. The SMILES string of the molecule is N.c1ccc2c(c1)CC2. The van der Waals surface area contributed by atoms with Gasteiger partial charge >= 0.3 is 0 Å². The van der Waals surface area contributed by atoms with E-state index >= 15 is 0 Å². The van der Waals surface area contributed by atoms with Crippen LogP contribution in [0.3, 0.4) is 0 Å². The van der Waals surface area contributed by atoms with E-state index in [-0.39, 0.29) is 6.15 Å². The van der Waals surface area contributed by atoms with Crippen molar-refractivity contribution in [3.63, 3.8) is 0 Å². The van der Waals surface area contributed by atoms with E-state index in [0.717, 1.165) is 0 Å². The van der Waals surface area contributed by atoms with Crippen LogP contribution in [0, 0.1) is 0 Å². The maximum atomic E-state index is 2.21. The Kier molecular flexibility index (Phi) is 1.54. The Balaban J connectivity index is 0.000000405. The van der Waals surface area contributed by atoms with Crippen molar-refractivity contribution in [2.75, 3.05) is 0 Å². The van der Waals surface area contributed by atoms with Crippen LogP contribution in [0.5, 0.6) is 0 Å². The molecule has 1 aliphatic rings. The first-order valence-electron chi connectivity index (χ1n) is 3.03. The summed E-state index contributed by atoms with van der Waals surface area (Å²) in [7, 11) is 0. The van der Waals surface area contributed by atoms with Crippen LogP contribution >= 0.6 is 0 Å². The molecule has 0 radical (unpaired) electrons. The maximum absolute atomic E-state index is 2.21. The lowest BCUT2D eigenvalue weighted by Gasteiger charge is -2.16. The lowest BCUT2D eigenvalue weighted by atomic mass is 9.89. The van der Waals surface area contributed by atoms with Gasteiger partial charge in [0.25, 0.3) is 0 Å². The largest absolute Gasteiger partial charge is 0.344 e. The van der Waals surface area contributed by atoms with Crippen LogP contribution in [0.2, 0.25) is 0 Å². The third-order valence-corrected chi connectivity index (χ3v) is 1.78. The lowest BCUT2D eigenvalue weighted by Crippen LogP contribution is -2.06. The highest BCUT2D eigenvalue weighted by atomic mass is 14.1. The summed E-state index contributed by atoms with van der Waals surface area (Å²) < 4.78 is 0. The van der Waals surface area contributed by atoms with E-state index in [9.17, 15) is 0 Å². The molecule has 0 saturated carbocycles. The van der Waals surface area contributed by atoms with Crippen molar-refractivity contribution in [3.8, 4) is 0 Å². The molecule has 0 atom stereocenters. The lowest BCUT2D eigenvalue weighted by molar-refractivity contribution is 0.839. The second kappa shape index (κ2) is 2.19. The molecule has 0 heterocycles. The molecule has 3 N–H and O–H groups in total. The first kappa shape index (κ1) is 6.30. The van der Waals surface area contributed by atoms with Crippen LogP contribution in [0.4, 0.5) is 0 Å². The van der Waals surface area contributed by atoms with Crippen molar-refractivity contribution in [2.45, 2.75) is 12.8 Å². The van der Waals surface area contributed by atoms with Crippen molar-refractivity contribution in [1.82, 2.24) is 6.15 Å². The van der Waals surface area contributed by atoms with Gasteiger partial charge in [0.1, 0.15) is 0 Å². The number of hydrogen-bond acceptors (Lipinski definition) is 1. The molecule has 1 aromatic carbocycles. The Morgan fingerprint density at radius 1 is 0.889 bits per heavy atom. The summed E-state index contributed by atoms with van der Waals surface area (Å²) in [5.41, 5.74) is 3.10. The van der Waals surface area contributed by atoms with Crippen molar-refractivity contribution in [1.29, 1.82) is 0 Å². The average Bonchev–Trinajstić information content (AvgIpc) is 1.72. The third-order valence-electron chi connectivity index (χ3n) is 1.78. The molecule has 48 valence electrons. The highest BCUT2D eigenvalue weighted by Crippen LogP contribution is 2.20. The van der Waals surface area contributed by atoms with Gasteiger partial charge in [-0.1, -0.05) is 24.3 Å². The molecule has 1 aliphatic carbocycles. The van der Waals surface area contributed by atoms with Gasteiger partial charge in [0.05, 0.1) is 0 Å². The van der Waals surface area contributed by atoms with Gasteiger partial charge in [0.2, 0.25) is 0 Å². The van der Waals surface area contributed by atoms with Crippen molar-refractivity contribution >= 4 is 0 Å². The summed E-state index contributed by atoms with van der Waals surface area (Å²) in [6.45, 7) is 0. The molecule has 0 bridgehead atoms. The summed E-state index contributed by atoms with van der Waals surface area (Å²) >= 11 is 0. The van der Waals surface area contributed by atoms with Gasteiger partial charge in [-0.15, -0.1) is 0 Å². The molecule has 0 unspecified atom stereocenters. The fourth-order valence-corrected chi connectivity index (χ4v) is 1.14. The normalized spacial score (nSPS) is 12.9. The van der Waals surface area contributed by atoms with E-state index in [1.807, 2.05) is 0 Å². The van der Waals surface area contributed by atoms with Crippen molar-refractivity contribution in [2.24, 2.45) is 0 Å². The van der Waals surface area contributed by atoms with E-state index in [1.54, 1.807) is 11.1 Å². The van der Waals surface area contributed by atoms with Gasteiger partial charge in [-0.3, -0.25) is 0 Å². The molecule has 0 aromatic heterocycles. The first-order valence-corrected chi connectivity index (χ1v) is 3.03. The second-order valence-corrected chi connectivity index (χ2v) is 2.27. The summed E-state index contributed by atoms with van der Waals surface area (Å²) in [5.74, 6) is 0. The molecule has 2 rings (SSSR count). The quantitative estimate of drug-likeness (QED) is 0.559. The Hall–Kier alpha value is -0.820. The fraction of sp³-hybridized carbons (Fsp3) is 0.250. The molecule has 1 nitrogen and oxygen atoms in total. The van der Waals surface area contributed by atoms with E-state index in [4.69, 9.17) is 0 Å². The van der Waals surface area contributed by atoms with Crippen molar-refractivity contribution in [3.05, 3.63) is 35.4 Å². The Bertz CT molecular complexity index is 182. The number of benzene rings is 1. The number of rotatable bonds is 0. The molecular weight excluding hydrogens is 110 g/mol. The Labute approximate surface area is 55.3 Å². The van der Waals surface area contributed by atoms with Gasteiger partial charge in [0.15, 0.2) is 0 Å². The summed E-state index contributed by atoms with van der Waals surface area (Å²) in [5, 5.41) is 0. The predicted molar refractivity (Wildman–Crippen MR) is 38.9 cm³/mol. The minimum absolute atomic E-state index is 0. The molecule has 0 aliphatic heterocycles. The fourth-order valence-electron chi connectivity index (χ4n) is 1.14. The molecule has 0 amide bonds. The van der Waals surface area contributed by atoms with Gasteiger partial charge in [-0.2, -0.15) is 0 Å². The van der Waals surface area contributed by atoms with Crippen LogP contribution in [0.1, 0.15) is 11.1 Å². The number of aryl methyl sites for hydroxylation is 2. The summed E-state index contributed by atoms with van der Waals surface area (Å²) in [6, 6.07) is 8.63. The second-order valence-electron chi connectivity index (χ2n) is 2.27. The smallest absolute Gasteiger partial charge is 0.0235 e. The van der Waals surface area contributed by atoms with Crippen LogP contribution < -0.4 is 6.15 Å². The minimum atomic E-state index is 0. The first-order chi connectivity index (χ1) is 3.97. The van der Waals surface area contributed by atoms with Gasteiger partial charge < -0.3 is 6.15 Å². The van der Waals surface area contributed by atoms with Crippen LogP contribution in [0.15, 0.2) is 24.3 Å². The zero-order chi connectivity index (χ0) is 5.40. The van der Waals surface area contributed by atoms with E-state index < -0.39 is 0 Å². The summed E-state index contributed by atoms with van der Waals surface area (Å²) in [4.78, 5) is 0. The Morgan fingerprint density at radius 2 is 1.33 bits per heavy atom. The summed E-state index contributed by atoms with van der Waals surface area (Å²) in [6.07, 6.45) is 2.60. The van der Waals surface area contributed by atoms with Gasteiger partial charge in [-0.25, -0.2) is 0 Å². The van der Waals surface area contributed by atoms with E-state index in [0.29, 0.717) is 0 Å². The minimum Gasteiger partial charge on any atom is -0.344 e. The van der Waals surface area contributed by atoms with Crippen LogP contribution in [-0.2, 0) is 12.8 Å². The third kappa shape index (κ3) is 0.836.